The van der Waals surface area contributed by atoms with Crippen molar-refractivity contribution in [1.82, 2.24) is 0 Å². The number of carboxylic acids is 1. The Hall–Kier alpha value is -0.620. The molecular formula is C9H16O5S. The standard InChI is InChI=1S/C9H16O5S/c1-7(9(10)11)15(12,13)6-8-4-2-3-5-14-8/h7-8H,2-6H2,1H3,(H,10,11). The summed E-state index contributed by atoms with van der Waals surface area (Å²) in [5, 5.41) is 7.28. The summed E-state index contributed by atoms with van der Waals surface area (Å²) in [6, 6.07) is 0. The molecule has 1 fully saturated rings. The number of carbonyl (C=O) groups is 1. The molecule has 1 aliphatic rings. The van der Waals surface area contributed by atoms with E-state index in [0.717, 1.165) is 12.8 Å². The van der Waals surface area contributed by atoms with Crippen molar-refractivity contribution in [1.29, 1.82) is 0 Å². The summed E-state index contributed by atoms with van der Waals surface area (Å²) < 4.78 is 28.4. The minimum absolute atomic E-state index is 0.180. The van der Waals surface area contributed by atoms with Gasteiger partial charge in [-0.1, -0.05) is 0 Å². The van der Waals surface area contributed by atoms with Crippen LogP contribution in [-0.2, 0) is 19.4 Å². The smallest absolute Gasteiger partial charge is 0.321 e. The molecule has 0 aromatic carbocycles. The topological polar surface area (TPSA) is 80.7 Å². The molecular weight excluding hydrogens is 220 g/mol. The highest BCUT2D eigenvalue weighted by Crippen LogP contribution is 2.16. The van der Waals surface area contributed by atoms with Crippen LogP contribution in [0.3, 0.4) is 0 Å². The molecule has 1 rings (SSSR count). The minimum Gasteiger partial charge on any atom is -0.480 e. The first-order chi connectivity index (χ1) is 6.93. The zero-order valence-corrected chi connectivity index (χ0v) is 9.50. The van der Waals surface area contributed by atoms with Crippen molar-refractivity contribution in [3.63, 3.8) is 0 Å². The van der Waals surface area contributed by atoms with Gasteiger partial charge in [-0.2, -0.15) is 0 Å². The lowest BCUT2D eigenvalue weighted by molar-refractivity contribution is -0.136. The SMILES string of the molecule is CC(C(=O)O)S(=O)(=O)CC1CCCCO1. The molecule has 0 radical (unpaired) electrons. The second kappa shape index (κ2) is 4.94. The van der Waals surface area contributed by atoms with E-state index in [1.165, 1.54) is 6.92 Å². The highest BCUT2D eigenvalue weighted by Gasteiger charge is 2.31. The van der Waals surface area contributed by atoms with E-state index in [0.29, 0.717) is 13.0 Å². The Morgan fingerprint density at radius 3 is 2.67 bits per heavy atom. The lowest BCUT2D eigenvalue weighted by Crippen LogP contribution is -2.35. The van der Waals surface area contributed by atoms with Gasteiger partial charge in [-0.05, 0) is 26.2 Å². The van der Waals surface area contributed by atoms with Crippen molar-refractivity contribution in [2.45, 2.75) is 37.5 Å². The van der Waals surface area contributed by atoms with Gasteiger partial charge in [0.25, 0.3) is 0 Å². The lowest BCUT2D eigenvalue weighted by atomic mass is 10.1. The van der Waals surface area contributed by atoms with E-state index >= 15 is 0 Å². The quantitative estimate of drug-likeness (QED) is 0.766. The Kier molecular flexibility index (Phi) is 4.10. The van der Waals surface area contributed by atoms with E-state index in [1.54, 1.807) is 0 Å². The van der Waals surface area contributed by atoms with Gasteiger partial charge in [0.15, 0.2) is 15.1 Å². The average Bonchev–Trinajstić information content (AvgIpc) is 2.17. The summed E-state index contributed by atoms with van der Waals surface area (Å²) in [6.07, 6.45) is 2.27. The molecule has 1 saturated heterocycles. The highest BCUT2D eigenvalue weighted by molar-refractivity contribution is 7.92. The number of hydrogen-bond donors (Lipinski definition) is 1. The van der Waals surface area contributed by atoms with Gasteiger partial charge in [-0.3, -0.25) is 4.79 Å². The first kappa shape index (κ1) is 12.4. The maximum atomic E-state index is 11.6. The van der Waals surface area contributed by atoms with E-state index < -0.39 is 21.1 Å². The molecule has 88 valence electrons. The van der Waals surface area contributed by atoms with Gasteiger partial charge in [0.1, 0.15) is 0 Å². The maximum Gasteiger partial charge on any atom is 0.321 e. The molecule has 0 spiro atoms. The normalized spacial score (nSPS) is 24.7. The average molecular weight is 236 g/mol. The van der Waals surface area contributed by atoms with Crippen LogP contribution >= 0.6 is 0 Å². The van der Waals surface area contributed by atoms with E-state index in [9.17, 15) is 13.2 Å². The van der Waals surface area contributed by atoms with Crippen LogP contribution in [0.25, 0.3) is 0 Å². The van der Waals surface area contributed by atoms with Crippen LogP contribution in [0, 0.1) is 0 Å². The molecule has 0 bridgehead atoms. The van der Waals surface area contributed by atoms with Crippen LogP contribution in [-0.4, -0.2) is 43.2 Å². The Labute approximate surface area is 89.3 Å². The zero-order chi connectivity index (χ0) is 11.5. The zero-order valence-electron chi connectivity index (χ0n) is 8.68. The van der Waals surface area contributed by atoms with E-state index in [-0.39, 0.29) is 11.9 Å². The first-order valence-corrected chi connectivity index (χ1v) is 6.71. The number of ether oxygens (including phenoxy) is 1. The van der Waals surface area contributed by atoms with E-state index in [1.807, 2.05) is 0 Å². The third-order valence-corrected chi connectivity index (χ3v) is 4.69. The number of rotatable bonds is 4. The largest absolute Gasteiger partial charge is 0.480 e. The predicted octanol–water partition coefficient (Wildman–Crippen LogP) is 0.443. The van der Waals surface area contributed by atoms with Gasteiger partial charge in [0, 0.05) is 6.61 Å². The van der Waals surface area contributed by atoms with Gasteiger partial charge in [0.05, 0.1) is 11.9 Å². The van der Waals surface area contributed by atoms with Crippen LogP contribution in [0.2, 0.25) is 0 Å². The Morgan fingerprint density at radius 1 is 1.53 bits per heavy atom. The molecule has 1 heterocycles. The summed E-state index contributed by atoms with van der Waals surface area (Å²) in [7, 11) is -3.58. The summed E-state index contributed by atoms with van der Waals surface area (Å²) in [5.41, 5.74) is 0. The second-order valence-corrected chi connectivity index (χ2v) is 6.16. The van der Waals surface area contributed by atoms with Crippen molar-refractivity contribution in [2.75, 3.05) is 12.4 Å². The molecule has 0 aromatic rings. The van der Waals surface area contributed by atoms with E-state index in [4.69, 9.17) is 9.84 Å². The molecule has 1 aliphatic heterocycles. The summed E-state index contributed by atoms with van der Waals surface area (Å²) >= 11 is 0. The van der Waals surface area contributed by atoms with Crippen molar-refractivity contribution in [3.05, 3.63) is 0 Å². The van der Waals surface area contributed by atoms with Crippen molar-refractivity contribution < 1.29 is 23.1 Å². The minimum atomic E-state index is -3.58. The Balaban J connectivity index is 2.58. The summed E-state index contributed by atoms with van der Waals surface area (Å²) in [6.45, 7) is 1.77. The monoisotopic (exact) mass is 236 g/mol. The number of hydrogen-bond acceptors (Lipinski definition) is 4. The molecule has 0 amide bonds. The Morgan fingerprint density at radius 2 is 2.20 bits per heavy atom. The fraction of sp³-hybridized carbons (Fsp3) is 0.889. The maximum absolute atomic E-state index is 11.6. The lowest BCUT2D eigenvalue weighted by Gasteiger charge is -2.23. The Bertz CT molecular complexity index is 315. The molecule has 2 unspecified atom stereocenters. The van der Waals surface area contributed by atoms with Gasteiger partial charge in [-0.15, -0.1) is 0 Å². The molecule has 0 aromatic heterocycles. The fourth-order valence-corrected chi connectivity index (χ4v) is 2.87. The summed E-state index contributed by atoms with van der Waals surface area (Å²) in [5.74, 6) is -1.48. The van der Waals surface area contributed by atoms with Gasteiger partial charge < -0.3 is 9.84 Å². The van der Waals surface area contributed by atoms with E-state index in [2.05, 4.69) is 0 Å². The van der Waals surface area contributed by atoms with Crippen molar-refractivity contribution in [2.24, 2.45) is 0 Å². The van der Waals surface area contributed by atoms with Crippen LogP contribution in [0.4, 0.5) is 0 Å². The molecule has 15 heavy (non-hydrogen) atoms. The molecule has 5 nitrogen and oxygen atoms in total. The number of aliphatic carboxylic acids is 1. The third kappa shape index (κ3) is 3.46. The second-order valence-electron chi connectivity index (χ2n) is 3.80. The predicted molar refractivity (Wildman–Crippen MR) is 54.5 cm³/mol. The molecule has 2 atom stereocenters. The third-order valence-electron chi connectivity index (χ3n) is 2.58. The fourth-order valence-electron chi connectivity index (χ4n) is 1.50. The molecule has 0 aliphatic carbocycles. The van der Waals surface area contributed by atoms with Gasteiger partial charge >= 0.3 is 5.97 Å². The molecule has 0 saturated carbocycles. The first-order valence-electron chi connectivity index (χ1n) is 4.99. The van der Waals surface area contributed by atoms with Crippen LogP contribution in [0.1, 0.15) is 26.2 Å². The highest BCUT2D eigenvalue weighted by atomic mass is 32.2. The molecule has 1 N–H and O–H groups in total. The number of carboxylic acid groups (broad SMARTS) is 1. The van der Waals surface area contributed by atoms with Gasteiger partial charge in [-0.25, -0.2) is 8.42 Å². The summed E-state index contributed by atoms with van der Waals surface area (Å²) in [4.78, 5) is 10.6. The number of sulfone groups is 1. The van der Waals surface area contributed by atoms with Crippen molar-refractivity contribution in [3.8, 4) is 0 Å². The van der Waals surface area contributed by atoms with Crippen LogP contribution < -0.4 is 0 Å². The van der Waals surface area contributed by atoms with Gasteiger partial charge in [0.2, 0.25) is 0 Å². The van der Waals surface area contributed by atoms with Crippen LogP contribution in [0.15, 0.2) is 0 Å². The molecule has 6 heteroatoms. The van der Waals surface area contributed by atoms with Crippen molar-refractivity contribution >= 4 is 15.8 Å². The van der Waals surface area contributed by atoms with Crippen LogP contribution in [0.5, 0.6) is 0 Å².